The summed E-state index contributed by atoms with van der Waals surface area (Å²) in [5.74, 6) is -0.695. The highest BCUT2D eigenvalue weighted by Crippen LogP contribution is 2.37. The Morgan fingerprint density at radius 3 is 2.64 bits per heavy atom. The number of hydrogen-bond donors (Lipinski definition) is 0. The molecule has 1 fully saturated rings. The third-order valence-electron chi connectivity index (χ3n) is 6.67. The van der Waals surface area contributed by atoms with E-state index in [-0.39, 0.29) is 24.1 Å². The minimum absolute atomic E-state index is 0.0299. The average Bonchev–Trinajstić information content (AvgIpc) is 3.21. The summed E-state index contributed by atoms with van der Waals surface area (Å²) in [7, 11) is 1.72. The maximum atomic E-state index is 14.3. The number of halogens is 1. The van der Waals surface area contributed by atoms with Crippen molar-refractivity contribution in [2.45, 2.75) is 65.1 Å². The molecule has 1 atom stereocenters. The predicted octanol–water partition coefficient (Wildman–Crippen LogP) is 5.89. The van der Waals surface area contributed by atoms with Crippen LogP contribution in [0.2, 0.25) is 0 Å². The lowest BCUT2D eigenvalue weighted by Crippen LogP contribution is -2.43. The van der Waals surface area contributed by atoms with Crippen LogP contribution in [0.5, 0.6) is 0 Å². The molecule has 1 saturated heterocycles. The Bertz CT molecular complexity index is 1280. The summed E-state index contributed by atoms with van der Waals surface area (Å²) >= 11 is 0. The van der Waals surface area contributed by atoms with Gasteiger partial charge in [-0.1, -0.05) is 6.07 Å². The van der Waals surface area contributed by atoms with Gasteiger partial charge in [-0.05, 0) is 71.2 Å². The SMILES string of the molecule is CC(C)N(C)C(=O)c1cc(F)ccc1-c1cn(C2CCCN(C(=O)OC(C)(C)C)C2)c2ccncc12. The molecule has 192 valence electrons. The van der Waals surface area contributed by atoms with Crippen molar-refractivity contribution in [2.24, 2.45) is 0 Å². The van der Waals surface area contributed by atoms with Crippen LogP contribution < -0.4 is 0 Å². The first kappa shape index (κ1) is 25.7. The normalized spacial score (nSPS) is 16.4. The van der Waals surface area contributed by atoms with E-state index in [2.05, 4.69) is 9.55 Å². The largest absolute Gasteiger partial charge is 0.444 e. The number of fused-ring (bicyclic) bond motifs is 1. The highest BCUT2D eigenvalue weighted by molar-refractivity contribution is 6.05. The smallest absolute Gasteiger partial charge is 0.410 e. The van der Waals surface area contributed by atoms with Gasteiger partial charge in [0.05, 0.1) is 17.1 Å². The van der Waals surface area contributed by atoms with E-state index in [1.807, 2.05) is 46.9 Å². The number of ether oxygens (including phenoxy) is 1. The molecule has 3 heterocycles. The lowest BCUT2D eigenvalue weighted by molar-refractivity contribution is 0.0174. The molecule has 3 aromatic rings. The van der Waals surface area contributed by atoms with Gasteiger partial charge in [-0.25, -0.2) is 9.18 Å². The van der Waals surface area contributed by atoms with E-state index >= 15 is 0 Å². The number of benzene rings is 1. The molecule has 2 aromatic heterocycles. The third-order valence-corrected chi connectivity index (χ3v) is 6.67. The maximum Gasteiger partial charge on any atom is 0.410 e. The molecule has 1 aliphatic heterocycles. The molecule has 1 aromatic carbocycles. The van der Waals surface area contributed by atoms with Gasteiger partial charge in [0, 0.05) is 55.7 Å². The van der Waals surface area contributed by atoms with Gasteiger partial charge in [0.25, 0.3) is 5.91 Å². The average molecular weight is 495 g/mol. The van der Waals surface area contributed by atoms with E-state index in [1.54, 1.807) is 35.3 Å². The molecule has 7 nitrogen and oxygen atoms in total. The van der Waals surface area contributed by atoms with Crippen LogP contribution in [-0.4, -0.2) is 63.1 Å². The Morgan fingerprint density at radius 2 is 1.94 bits per heavy atom. The van der Waals surface area contributed by atoms with E-state index in [9.17, 15) is 14.0 Å². The second kappa shape index (κ2) is 9.91. The molecular formula is C28H35FN4O3. The molecule has 36 heavy (non-hydrogen) atoms. The number of aromatic nitrogens is 2. The topological polar surface area (TPSA) is 67.7 Å². The fourth-order valence-corrected chi connectivity index (χ4v) is 4.64. The van der Waals surface area contributed by atoms with Crippen molar-refractivity contribution in [1.29, 1.82) is 0 Å². The fraction of sp³-hybridized carbons (Fsp3) is 0.464. The summed E-state index contributed by atoms with van der Waals surface area (Å²) in [4.78, 5) is 33.7. The first-order valence-electron chi connectivity index (χ1n) is 12.5. The summed E-state index contributed by atoms with van der Waals surface area (Å²) in [6.07, 6.45) is 6.96. The number of piperidine rings is 1. The van der Waals surface area contributed by atoms with Crippen molar-refractivity contribution < 1.29 is 18.7 Å². The molecule has 8 heteroatoms. The Kier molecular flexibility index (Phi) is 7.07. The molecule has 4 rings (SSSR count). The summed E-state index contributed by atoms with van der Waals surface area (Å²) in [5, 5.41) is 0.875. The van der Waals surface area contributed by atoms with E-state index in [0.717, 1.165) is 29.3 Å². The van der Waals surface area contributed by atoms with Crippen molar-refractivity contribution in [3.8, 4) is 11.1 Å². The molecule has 1 unspecified atom stereocenters. The Balaban J connectivity index is 1.76. The second-order valence-corrected chi connectivity index (χ2v) is 10.8. The summed E-state index contributed by atoms with van der Waals surface area (Å²) < 4.78 is 22.1. The molecule has 0 radical (unpaired) electrons. The predicted molar refractivity (Wildman–Crippen MR) is 138 cm³/mol. The third kappa shape index (κ3) is 5.22. The van der Waals surface area contributed by atoms with Gasteiger partial charge < -0.3 is 19.1 Å². The molecule has 0 aliphatic carbocycles. The standard InChI is InChI=1S/C28H35FN4O3/c1-18(2)31(6)26(34)22-14-19(29)9-10-21(22)24-17-33(25-11-12-30-15-23(24)25)20-8-7-13-32(16-20)27(35)36-28(3,4)5/h9-12,14-15,17-18,20H,7-8,13,16H2,1-6H3. The number of carbonyl (C=O) groups excluding carboxylic acids is 2. The number of nitrogens with zero attached hydrogens (tertiary/aromatic N) is 4. The Morgan fingerprint density at radius 1 is 1.19 bits per heavy atom. The van der Waals surface area contributed by atoms with Gasteiger partial charge in [0.15, 0.2) is 0 Å². The Hall–Kier alpha value is -3.42. The molecule has 0 N–H and O–H groups in total. The zero-order valence-corrected chi connectivity index (χ0v) is 21.9. The summed E-state index contributed by atoms with van der Waals surface area (Å²) in [6, 6.07) is 6.29. The first-order valence-corrected chi connectivity index (χ1v) is 12.5. The molecule has 1 aliphatic rings. The summed E-state index contributed by atoms with van der Waals surface area (Å²) in [5.41, 5.74) is 2.18. The van der Waals surface area contributed by atoms with Crippen molar-refractivity contribution in [2.75, 3.05) is 20.1 Å². The fourth-order valence-electron chi connectivity index (χ4n) is 4.64. The van der Waals surface area contributed by atoms with Crippen LogP contribution in [0.3, 0.4) is 0 Å². The number of pyridine rings is 1. The molecular weight excluding hydrogens is 459 g/mol. The number of amides is 2. The molecule has 0 spiro atoms. The van der Waals surface area contributed by atoms with Crippen molar-refractivity contribution in [3.63, 3.8) is 0 Å². The number of carbonyl (C=O) groups is 2. The van der Waals surface area contributed by atoms with E-state index < -0.39 is 11.4 Å². The maximum absolute atomic E-state index is 14.3. The number of rotatable bonds is 4. The zero-order valence-electron chi connectivity index (χ0n) is 21.9. The Labute approximate surface area is 211 Å². The van der Waals surface area contributed by atoms with Crippen molar-refractivity contribution in [1.82, 2.24) is 19.4 Å². The van der Waals surface area contributed by atoms with Crippen LogP contribution in [0.1, 0.15) is 63.9 Å². The zero-order chi connectivity index (χ0) is 26.2. The highest BCUT2D eigenvalue weighted by Gasteiger charge is 2.30. The van der Waals surface area contributed by atoms with Gasteiger partial charge in [-0.15, -0.1) is 0 Å². The number of hydrogen-bond acceptors (Lipinski definition) is 4. The molecule has 0 bridgehead atoms. The van der Waals surface area contributed by atoms with E-state index in [4.69, 9.17) is 4.74 Å². The lowest BCUT2D eigenvalue weighted by Gasteiger charge is -2.35. The number of likely N-dealkylation sites (tertiary alicyclic amines) is 1. The van der Waals surface area contributed by atoms with Crippen LogP contribution in [0.15, 0.2) is 42.9 Å². The quantitative estimate of drug-likeness (QED) is 0.453. The van der Waals surface area contributed by atoms with Gasteiger partial charge in [-0.3, -0.25) is 9.78 Å². The van der Waals surface area contributed by atoms with Crippen LogP contribution in [0, 0.1) is 5.82 Å². The lowest BCUT2D eigenvalue weighted by atomic mass is 9.98. The van der Waals surface area contributed by atoms with Gasteiger partial charge in [-0.2, -0.15) is 0 Å². The molecule has 0 saturated carbocycles. The van der Waals surface area contributed by atoms with Crippen LogP contribution in [0.4, 0.5) is 9.18 Å². The van der Waals surface area contributed by atoms with Crippen LogP contribution in [0.25, 0.3) is 22.0 Å². The van der Waals surface area contributed by atoms with Crippen molar-refractivity contribution >= 4 is 22.9 Å². The van der Waals surface area contributed by atoms with Gasteiger partial charge in [0.2, 0.25) is 0 Å². The van der Waals surface area contributed by atoms with Crippen LogP contribution in [-0.2, 0) is 4.74 Å². The van der Waals surface area contributed by atoms with Crippen molar-refractivity contribution in [3.05, 3.63) is 54.2 Å². The minimum atomic E-state index is -0.558. The summed E-state index contributed by atoms with van der Waals surface area (Å²) in [6.45, 7) is 10.6. The monoisotopic (exact) mass is 494 g/mol. The minimum Gasteiger partial charge on any atom is -0.444 e. The molecule has 2 amide bonds. The van der Waals surface area contributed by atoms with Gasteiger partial charge >= 0.3 is 6.09 Å². The van der Waals surface area contributed by atoms with Gasteiger partial charge in [0.1, 0.15) is 11.4 Å². The van der Waals surface area contributed by atoms with Crippen LogP contribution >= 0.6 is 0 Å². The first-order chi connectivity index (χ1) is 17.0. The van der Waals surface area contributed by atoms with E-state index in [1.165, 1.54) is 12.1 Å². The second-order valence-electron chi connectivity index (χ2n) is 10.8. The van der Waals surface area contributed by atoms with E-state index in [0.29, 0.717) is 24.2 Å². The highest BCUT2D eigenvalue weighted by atomic mass is 19.1.